The number of esters is 2. The van der Waals surface area contributed by atoms with Crippen LogP contribution >= 0.6 is 11.8 Å². The number of hydrogen-bond donors (Lipinski definition) is 2. The fourth-order valence-corrected chi connectivity index (χ4v) is 5.18. The number of rotatable bonds is 8. The summed E-state index contributed by atoms with van der Waals surface area (Å²) in [6.07, 6.45) is 0. The number of amides is 2. The number of carbonyl (C=O) groups is 5. The third-order valence-corrected chi connectivity index (χ3v) is 6.93. The molecule has 186 valence electrons. The first kappa shape index (κ1) is 25.0. The van der Waals surface area contributed by atoms with E-state index in [1.807, 2.05) is 6.07 Å². The van der Waals surface area contributed by atoms with Crippen LogP contribution in [0.4, 0.5) is 0 Å². The van der Waals surface area contributed by atoms with Crippen molar-refractivity contribution < 1.29 is 38.6 Å². The van der Waals surface area contributed by atoms with Crippen LogP contribution in [0.3, 0.4) is 0 Å². The van der Waals surface area contributed by atoms with Crippen LogP contribution in [0.15, 0.2) is 65.9 Å². The molecule has 0 spiro atoms. The van der Waals surface area contributed by atoms with E-state index in [0.717, 1.165) is 5.56 Å². The normalized spacial score (nSPS) is 18.6. The second kappa shape index (κ2) is 10.6. The summed E-state index contributed by atoms with van der Waals surface area (Å²) >= 11 is 1.28. The molecule has 2 amide bonds. The molecular formula is C25H22N2O8S. The lowest BCUT2D eigenvalue weighted by Gasteiger charge is -2.49. The molecule has 2 aromatic carbocycles. The molecule has 2 atom stereocenters. The predicted octanol–water partition coefficient (Wildman–Crippen LogP) is 1.96. The maximum atomic E-state index is 13.1. The van der Waals surface area contributed by atoms with Gasteiger partial charge in [0.1, 0.15) is 30.3 Å². The second-order valence-corrected chi connectivity index (χ2v) is 9.11. The molecule has 36 heavy (non-hydrogen) atoms. The number of ether oxygens (including phenoxy) is 2. The summed E-state index contributed by atoms with van der Waals surface area (Å²) in [6, 6.07) is 13.7. The summed E-state index contributed by atoms with van der Waals surface area (Å²) in [7, 11) is 0. The lowest BCUT2D eigenvalue weighted by atomic mass is 10.0. The van der Waals surface area contributed by atoms with Crippen molar-refractivity contribution in [2.24, 2.45) is 0 Å². The molecule has 1 saturated heterocycles. The number of β-lactam (4-membered cyclic amide) rings is 1. The van der Waals surface area contributed by atoms with Gasteiger partial charge in [-0.25, -0.2) is 9.59 Å². The van der Waals surface area contributed by atoms with E-state index < -0.39 is 41.1 Å². The van der Waals surface area contributed by atoms with Crippen LogP contribution in [-0.2, 0) is 30.5 Å². The molecule has 2 aromatic rings. The minimum Gasteiger partial charge on any atom is -0.478 e. The maximum Gasteiger partial charge on any atom is 0.355 e. The Morgan fingerprint density at radius 3 is 2.33 bits per heavy atom. The summed E-state index contributed by atoms with van der Waals surface area (Å²) in [5, 5.41) is 11.3. The average Bonchev–Trinajstić information content (AvgIpc) is 2.88. The fourth-order valence-electron chi connectivity index (χ4n) is 3.85. The van der Waals surface area contributed by atoms with Gasteiger partial charge in [-0.05, 0) is 17.7 Å². The average molecular weight is 511 g/mol. The number of carboxylic acid groups (broad SMARTS) is 1. The number of thioether (sulfide) groups is 1. The summed E-state index contributed by atoms with van der Waals surface area (Å²) in [5.41, 5.74) is 0.887. The van der Waals surface area contributed by atoms with Crippen molar-refractivity contribution in [2.45, 2.75) is 24.9 Å². The third kappa shape index (κ3) is 5.10. The van der Waals surface area contributed by atoms with Crippen LogP contribution in [0.2, 0.25) is 0 Å². The Bertz CT molecular complexity index is 1260. The lowest BCUT2D eigenvalue weighted by Crippen LogP contribution is -2.70. The van der Waals surface area contributed by atoms with Gasteiger partial charge in [0.2, 0.25) is 0 Å². The van der Waals surface area contributed by atoms with Gasteiger partial charge in [-0.15, -0.1) is 11.8 Å². The Kier molecular flexibility index (Phi) is 7.39. The molecule has 1 fully saturated rings. The van der Waals surface area contributed by atoms with Crippen LogP contribution in [0.25, 0.3) is 0 Å². The molecular weight excluding hydrogens is 488 g/mol. The molecule has 0 saturated carbocycles. The van der Waals surface area contributed by atoms with Crippen LogP contribution in [0, 0.1) is 0 Å². The Hall–Kier alpha value is -4.12. The van der Waals surface area contributed by atoms with E-state index in [9.17, 15) is 29.1 Å². The van der Waals surface area contributed by atoms with Crippen molar-refractivity contribution in [2.75, 3.05) is 12.4 Å². The maximum absolute atomic E-state index is 13.1. The first-order valence-corrected chi connectivity index (χ1v) is 12.0. The number of hydrogen-bond acceptors (Lipinski definition) is 8. The van der Waals surface area contributed by atoms with Gasteiger partial charge in [0, 0.05) is 18.2 Å². The molecule has 2 aliphatic heterocycles. The largest absolute Gasteiger partial charge is 0.478 e. The fraction of sp³-hybridized carbons (Fsp3) is 0.240. The zero-order valence-electron chi connectivity index (χ0n) is 19.1. The molecule has 0 radical (unpaired) electrons. The van der Waals surface area contributed by atoms with Crippen molar-refractivity contribution in [3.63, 3.8) is 0 Å². The summed E-state index contributed by atoms with van der Waals surface area (Å²) in [6.45, 7) is 1.04. The van der Waals surface area contributed by atoms with Crippen LogP contribution in [-0.4, -0.2) is 63.5 Å². The van der Waals surface area contributed by atoms with E-state index >= 15 is 0 Å². The highest BCUT2D eigenvalue weighted by atomic mass is 32.2. The van der Waals surface area contributed by atoms with Crippen molar-refractivity contribution in [1.82, 2.24) is 10.2 Å². The van der Waals surface area contributed by atoms with Gasteiger partial charge in [0.05, 0.1) is 11.1 Å². The number of aromatic carboxylic acids is 1. The minimum atomic E-state index is -1.27. The van der Waals surface area contributed by atoms with E-state index in [1.54, 1.807) is 24.3 Å². The highest BCUT2D eigenvalue weighted by molar-refractivity contribution is 8.00. The topological polar surface area (TPSA) is 139 Å². The van der Waals surface area contributed by atoms with E-state index in [0.29, 0.717) is 5.57 Å². The Labute approximate surface area is 210 Å². The van der Waals surface area contributed by atoms with Gasteiger partial charge < -0.3 is 19.9 Å². The molecule has 2 aliphatic rings. The molecule has 4 rings (SSSR count). The number of fused-ring (bicyclic) bond motifs is 1. The van der Waals surface area contributed by atoms with Crippen LogP contribution in [0.1, 0.15) is 33.2 Å². The number of carboxylic acids is 1. The summed E-state index contributed by atoms with van der Waals surface area (Å²) < 4.78 is 10.5. The molecule has 0 aliphatic carbocycles. The van der Waals surface area contributed by atoms with E-state index in [2.05, 4.69) is 5.32 Å². The van der Waals surface area contributed by atoms with Crippen molar-refractivity contribution in [3.8, 4) is 0 Å². The van der Waals surface area contributed by atoms with E-state index in [-0.39, 0.29) is 35.8 Å². The van der Waals surface area contributed by atoms with Gasteiger partial charge in [-0.2, -0.15) is 0 Å². The predicted molar refractivity (Wildman–Crippen MR) is 128 cm³/mol. The summed E-state index contributed by atoms with van der Waals surface area (Å²) in [4.78, 5) is 63.0. The van der Waals surface area contributed by atoms with Crippen molar-refractivity contribution in [1.29, 1.82) is 0 Å². The Morgan fingerprint density at radius 1 is 1.00 bits per heavy atom. The van der Waals surface area contributed by atoms with Gasteiger partial charge >= 0.3 is 17.9 Å². The van der Waals surface area contributed by atoms with Crippen LogP contribution in [0.5, 0.6) is 0 Å². The van der Waals surface area contributed by atoms with Gasteiger partial charge in [0.15, 0.2) is 0 Å². The van der Waals surface area contributed by atoms with Gasteiger partial charge in [-0.1, -0.05) is 42.5 Å². The monoisotopic (exact) mass is 510 g/mol. The Balaban J connectivity index is 1.53. The SMILES string of the molecule is CC(=O)OCC1=C(C(=O)OCc2ccccc2)N2C(=O)C(NC(=O)c3ccccc3C(=O)O)[C@H]2SC1. The molecule has 2 heterocycles. The summed E-state index contributed by atoms with van der Waals surface area (Å²) in [5.74, 6) is -3.56. The number of carbonyl (C=O) groups excluding carboxylic acids is 4. The molecule has 11 heteroatoms. The van der Waals surface area contributed by atoms with Crippen molar-refractivity contribution >= 4 is 41.5 Å². The number of benzene rings is 2. The van der Waals surface area contributed by atoms with E-state index in [1.165, 1.54) is 47.9 Å². The van der Waals surface area contributed by atoms with Gasteiger partial charge in [-0.3, -0.25) is 19.3 Å². The standard InChI is InChI=1S/C25H22N2O8S/c1-14(28)34-12-16-13-36-23-19(26-21(29)17-9-5-6-10-18(17)24(31)32)22(30)27(23)20(16)25(33)35-11-15-7-3-2-4-8-15/h2-10,19,23H,11-13H2,1H3,(H,26,29)(H,31,32)/t19?,23-/m1/s1. The quantitative estimate of drug-likeness (QED) is 0.403. The Morgan fingerprint density at radius 2 is 1.67 bits per heavy atom. The zero-order chi connectivity index (χ0) is 25.8. The smallest absolute Gasteiger partial charge is 0.355 e. The van der Waals surface area contributed by atoms with Crippen molar-refractivity contribution in [3.05, 3.63) is 82.6 Å². The molecule has 1 unspecified atom stereocenters. The second-order valence-electron chi connectivity index (χ2n) is 8.01. The number of nitrogens with zero attached hydrogens (tertiary/aromatic N) is 1. The highest BCUT2D eigenvalue weighted by Crippen LogP contribution is 2.41. The van der Waals surface area contributed by atoms with Crippen LogP contribution < -0.4 is 5.32 Å². The van der Waals surface area contributed by atoms with Gasteiger partial charge in [0.25, 0.3) is 11.8 Å². The first-order valence-electron chi connectivity index (χ1n) is 10.9. The minimum absolute atomic E-state index is 0.0163. The zero-order valence-corrected chi connectivity index (χ0v) is 19.9. The van der Waals surface area contributed by atoms with E-state index in [4.69, 9.17) is 9.47 Å². The third-order valence-electron chi connectivity index (χ3n) is 5.59. The molecule has 0 bridgehead atoms. The molecule has 0 aromatic heterocycles. The highest BCUT2D eigenvalue weighted by Gasteiger charge is 2.54. The molecule has 10 nitrogen and oxygen atoms in total. The molecule has 2 N–H and O–H groups in total. The number of nitrogens with one attached hydrogen (secondary N) is 1. The lowest BCUT2D eigenvalue weighted by molar-refractivity contribution is -0.152. The first-order chi connectivity index (χ1) is 17.3.